The molecule has 0 saturated carbocycles. The van der Waals surface area contributed by atoms with E-state index >= 15 is 0 Å². The number of hydrogen-bond donors (Lipinski definition) is 0. The first-order chi connectivity index (χ1) is 13.1. The van der Waals surface area contributed by atoms with Crippen molar-refractivity contribution in [2.75, 3.05) is 6.54 Å². The fourth-order valence-corrected chi connectivity index (χ4v) is 4.44. The first-order valence-electron chi connectivity index (χ1n) is 8.70. The smallest absolute Gasteiger partial charge is 0.270 e. The standard InChI is InChI=1S/C20H17N3O3S/c24-19(11-10-14-5-3-6-15(13-14)23(25)26)22-12-4-8-17(22)20-21-16-7-1-2-9-18(16)27-20/h1-3,5-7,9-11,13,17H,4,8,12H2/b11-10+/t17-/m0/s1. The molecule has 1 fully saturated rings. The summed E-state index contributed by atoms with van der Waals surface area (Å²) in [6.07, 6.45) is 4.96. The van der Waals surface area contributed by atoms with Crippen molar-refractivity contribution in [3.05, 3.63) is 75.3 Å². The van der Waals surface area contributed by atoms with Gasteiger partial charge >= 0.3 is 0 Å². The molecule has 2 heterocycles. The highest BCUT2D eigenvalue weighted by Gasteiger charge is 2.31. The molecule has 27 heavy (non-hydrogen) atoms. The van der Waals surface area contributed by atoms with Crippen molar-refractivity contribution < 1.29 is 9.72 Å². The summed E-state index contributed by atoms with van der Waals surface area (Å²) < 4.78 is 1.12. The first-order valence-corrected chi connectivity index (χ1v) is 9.52. The van der Waals surface area contributed by atoms with Gasteiger partial charge in [0.2, 0.25) is 5.91 Å². The van der Waals surface area contributed by atoms with Crippen LogP contribution in [0.3, 0.4) is 0 Å². The summed E-state index contributed by atoms with van der Waals surface area (Å²) in [7, 11) is 0. The average Bonchev–Trinajstić information content (AvgIpc) is 3.32. The van der Waals surface area contributed by atoms with Crippen molar-refractivity contribution in [1.82, 2.24) is 9.88 Å². The van der Waals surface area contributed by atoms with Crippen molar-refractivity contribution in [2.45, 2.75) is 18.9 Å². The fourth-order valence-electron chi connectivity index (χ4n) is 3.33. The average molecular weight is 379 g/mol. The molecule has 1 saturated heterocycles. The van der Waals surface area contributed by atoms with Gasteiger partial charge in [-0.3, -0.25) is 14.9 Å². The number of carbonyl (C=O) groups is 1. The quantitative estimate of drug-likeness (QED) is 0.378. The Bertz CT molecular complexity index is 1010. The Balaban J connectivity index is 1.54. The molecule has 0 unspecified atom stereocenters. The summed E-state index contributed by atoms with van der Waals surface area (Å²) in [6.45, 7) is 0.693. The second kappa shape index (κ2) is 7.28. The molecule has 6 nitrogen and oxygen atoms in total. The molecule has 1 aliphatic rings. The van der Waals surface area contributed by atoms with Gasteiger partial charge in [-0.1, -0.05) is 24.3 Å². The second-order valence-electron chi connectivity index (χ2n) is 6.39. The lowest BCUT2D eigenvalue weighted by Gasteiger charge is -2.21. The van der Waals surface area contributed by atoms with E-state index in [1.807, 2.05) is 29.2 Å². The number of aromatic nitrogens is 1. The number of nitrogens with zero attached hydrogens (tertiary/aromatic N) is 3. The van der Waals surface area contributed by atoms with Crippen molar-refractivity contribution in [1.29, 1.82) is 0 Å². The van der Waals surface area contributed by atoms with Crippen LogP contribution >= 0.6 is 11.3 Å². The largest absolute Gasteiger partial charge is 0.330 e. The Morgan fingerprint density at radius 2 is 2.11 bits per heavy atom. The van der Waals surface area contributed by atoms with Crippen LogP contribution in [0.5, 0.6) is 0 Å². The molecule has 1 aliphatic heterocycles. The van der Waals surface area contributed by atoms with Crippen LogP contribution < -0.4 is 0 Å². The lowest BCUT2D eigenvalue weighted by Crippen LogP contribution is -2.28. The lowest BCUT2D eigenvalue weighted by atomic mass is 10.2. The minimum absolute atomic E-state index is 0.00957. The Labute approximate surface area is 159 Å². The summed E-state index contributed by atoms with van der Waals surface area (Å²) in [5.41, 5.74) is 1.61. The highest BCUT2D eigenvalue weighted by molar-refractivity contribution is 7.18. The molecule has 0 spiro atoms. The zero-order valence-electron chi connectivity index (χ0n) is 14.4. The van der Waals surface area contributed by atoms with Gasteiger partial charge in [0.05, 0.1) is 21.2 Å². The van der Waals surface area contributed by atoms with Crippen molar-refractivity contribution in [3.8, 4) is 0 Å². The number of hydrogen-bond acceptors (Lipinski definition) is 5. The Hall–Kier alpha value is -3.06. The van der Waals surface area contributed by atoms with Crippen LogP contribution in [0.2, 0.25) is 0 Å². The van der Waals surface area contributed by atoms with Crippen LogP contribution in [0.25, 0.3) is 16.3 Å². The van der Waals surface area contributed by atoms with Gasteiger partial charge in [0.15, 0.2) is 0 Å². The van der Waals surface area contributed by atoms with E-state index in [1.54, 1.807) is 29.5 Å². The zero-order chi connectivity index (χ0) is 18.8. The van der Waals surface area contributed by atoms with Crippen molar-refractivity contribution in [2.24, 2.45) is 0 Å². The first kappa shape index (κ1) is 17.4. The van der Waals surface area contributed by atoms with Crippen LogP contribution in [-0.4, -0.2) is 27.3 Å². The molecule has 0 N–H and O–H groups in total. The van der Waals surface area contributed by atoms with Crippen molar-refractivity contribution >= 4 is 39.2 Å². The van der Waals surface area contributed by atoms with Gasteiger partial charge in [-0.15, -0.1) is 11.3 Å². The highest BCUT2D eigenvalue weighted by Crippen LogP contribution is 2.36. The maximum Gasteiger partial charge on any atom is 0.270 e. The summed E-state index contributed by atoms with van der Waals surface area (Å²) in [5, 5.41) is 11.8. The van der Waals surface area contributed by atoms with E-state index in [0.717, 1.165) is 28.1 Å². The number of nitro groups is 1. The third kappa shape index (κ3) is 3.59. The third-order valence-corrected chi connectivity index (χ3v) is 5.77. The molecule has 0 radical (unpaired) electrons. The monoisotopic (exact) mass is 379 g/mol. The number of non-ortho nitro benzene ring substituents is 1. The summed E-state index contributed by atoms with van der Waals surface area (Å²) >= 11 is 1.63. The lowest BCUT2D eigenvalue weighted by molar-refractivity contribution is -0.384. The molecule has 136 valence electrons. The van der Waals surface area contributed by atoms with Gasteiger partial charge in [-0.25, -0.2) is 4.98 Å². The summed E-state index contributed by atoms with van der Waals surface area (Å²) in [6, 6.07) is 14.2. The van der Waals surface area contributed by atoms with E-state index in [2.05, 4.69) is 0 Å². The maximum absolute atomic E-state index is 12.7. The van der Waals surface area contributed by atoms with Gasteiger partial charge in [-0.2, -0.15) is 0 Å². The number of fused-ring (bicyclic) bond motifs is 1. The van der Waals surface area contributed by atoms with E-state index in [-0.39, 0.29) is 17.6 Å². The number of nitro benzene ring substituents is 1. The third-order valence-electron chi connectivity index (χ3n) is 4.63. The fraction of sp³-hybridized carbons (Fsp3) is 0.200. The number of rotatable bonds is 4. The molecule has 1 amide bonds. The molecule has 0 aliphatic carbocycles. The molecule has 2 aromatic carbocycles. The topological polar surface area (TPSA) is 76.3 Å². The van der Waals surface area contributed by atoms with E-state index in [1.165, 1.54) is 18.2 Å². The van der Waals surface area contributed by atoms with Gasteiger partial charge < -0.3 is 4.90 Å². The number of para-hydroxylation sites is 1. The van der Waals surface area contributed by atoms with Gasteiger partial charge in [0.1, 0.15) is 5.01 Å². The van der Waals surface area contributed by atoms with Crippen LogP contribution in [0.4, 0.5) is 5.69 Å². The molecule has 7 heteroatoms. The number of likely N-dealkylation sites (tertiary alicyclic amines) is 1. The van der Waals surface area contributed by atoms with Crippen LogP contribution in [-0.2, 0) is 4.79 Å². The van der Waals surface area contributed by atoms with Crippen LogP contribution in [0, 0.1) is 10.1 Å². The maximum atomic E-state index is 12.7. The summed E-state index contributed by atoms with van der Waals surface area (Å²) in [4.78, 5) is 29.7. The van der Waals surface area contributed by atoms with Gasteiger partial charge in [-0.05, 0) is 36.6 Å². The molecule has 1 atom stereocenters. The molecular weight excluding hydrogens is 362 g/mol. The normalized spacial score (nSPS) is 17.0. The minimum atomic E-state index is -0.442. The second-order valence-corrected chi connectivity index (χ2v) is 7.46. The Kier molecular flexibility index (Phi) is 4.68. The number of benzene rings is 2. The number of carbonyl (C=O) groups excluding carboxylic acids is 1. The predicted molar refractivity (Wildman–Crippen MR) is 105 cm³/mol. The molecule has 0 bridgehead atoms. The van der Waals surface area contributed by atoms with Gasteiger partial charge in [0, 0.05) is 24.8 Å². The minimum Gasteiger partial charge on any atom is -0.330 e. The van der Waals surface area contributed by atoms with E-state index < -0.39 is 4.92 Å². The number of thiazole rings is 1. The summed E-state index contributed by atoms with van der Waals surface area (Å²) in [5.74, 6) is -0.0942. The van der Waals surface area contributed by atoms with Crippen LogP contribution in [0.15, 0.2) is 54.6 Å². The van der Waals surface area contributed by atoms with E-state index in [4.69, 9.17) is 4.98 Å². The highest BCUT2D eigenvalue weighted by atomic mass is 32.1. The van der Waals surface area contributed by atoms with Crippen molar-refractivity contribution in [3.63, 3.8) is 0 Å². The molecule has 1 aromatic heterocycles. The zero-order valence-corrected chi connectivity index (χ0v) is 15.3. The number of amides is 1. The van der Waals surface area contributed by atoms with Gasteiger partial charge in [0.25, 0.3) is 5.69 Å². The van der Waals surface area contributed by atoms with Crippen LogP contribution in [0.1, 0.15) is 29.5 Å². The predicted octanol–water partition coefficient (Wildman–Crippen LogP) is 4.58. The van der Waals surface area contributed by atoms with E-state index in [9.17, 15) is 14.9 Å². The molecular formula is C20H17N3O3S. The SMILES string of the molecule is O=C(/C=C/c1cccc([N+](=O)[O-])c1)N1CCC[C@H]1c1nc2ccccc2s1. The Morgan fingerprint density at radius 1 is 1.26 bits per heavy atom. The molecule has 4 rings (SSSR count). The van der Waals surface area contributed by atoms with E-state index in [0.29, 0.717) is 12.1 Å². The Morgan fingerprint density at radius 3 is 2.93 bits per heavy atom. The molecule has 3 aromatic rings.